The summed E-state index contributed by atoms with van der Waals surface area (Å²) in [6.45, 7) is 3.62. The quantitative estimate of drug-likeness (QED) is 0.676. The van der Waals surface area contributed by atoms with E-state index < -0.39 is 0 Å². The zero-order valence-electron chi connectivity index (χ0n) is 8.32. The molecule has 0 bridgehead atoms. The van der Waals surface area contributed by atoms with Crippen molar-refractivity contribution in [3.05, 3.63) is 35.9 Å². The van der Waals surface area contributed by atoms with Crippen LogP contribution < -0.4 is 0 Å². The molecule has 2 rings (SSSR count). The van der Waals surface area contributed by atoms with Crippen LogP contribution in [0.2, 0.25) is 0 Å². The summed E-state index contributed by atoms with van der Waals surface area (Å²) in [5, 5.41) is 0. The van der Waals surface area contributed by atoms with Crippen molar-refractivity contribution in [1.82, 2.24) is 9.38 Å². The number of imidazole rings is 1. The number of hydrogen-bond donors (Lipinski definition) is 0. The van der Waals surface area contributed by atoms with E-state index in [0.717, 1.165) is 23.3 Å². The normalized spacial score (nSPS) is 10.7. The summed E-state index contributed by atoms with van der Waals surface area (Å²) < 4.78 is 1.97. The van der Waals surface area contributed by atoms with Crippen LogP contribution in [-0.2, 0) is 6.42 Å². The number of Topliss-reactive ketones (excluding diaryl/α,β-unsaturated/α-hetero) is 1. The van der Waals surface area contributed by atoms with Crippen molar-refractivity contribution < 1.29 is 4.79 Å². The molecule has 0 atom stereocenters. The van der Waals surface area contributed by atoms with E-state index in [4.69, 9.17) is 0 Å². The Morgan fingerprint density at radius 2 is 2.29 bits per heavy atom. The number of nitrogens with zero attached hydrogens (tertiary/aromatic N) is 2. The van der Waals surface area contributed by atoms with Gasteiger partial charge in [-0.25, -0.2) is 4.98 Å². The number of carbonyl (C=O) groups excluding carboxylic acids is 1. The van der Waals surface area contributed by atoms with E-state index in [0.29, 0.717) is 0 Å². The number of fused-ring (bicyclic) bond motifs is 1. The molecular formula is C11H12N2O. The number of aromatic nitrogens is 2. The minimum atomic E-state index is 0.0858. The van der Waals surface area contributed by atoms with E-state index >= 15 is 0 Å². The first-order valence-electron chi connectivity index (χ1n) is 4.69. The Bertz CT molecular complexity index is 485. The second-order valence-corrected chi connectivity index (χ2v) is 3.30. The van der Waals surface area contributed by atoms with E-state index in [1.54, 1.807) is 6.92 Å². The maximum Gasteiger partial charge on any atom is 0.161 e. The van der Waals surface area contributed by atoms with Crippen LogP contribution in [-0.4, -0.2) is 15.2 Å². The van der Waals surface area contributed by atoms with Crippen LogP contribution in [0.5, 0.6) is 0 Å². The van der Waals surface area contributed by atoms with Gasteiger partial charge in [-0.2, -0.15) is 0 Å². The molecule has 0 amide bonds. The first-order chi connectivity index (χ1) is 6.72. The highest BCUT2D eigenvalue weighted by molar-refractivity contribution is 5.94. The molecule has 0 fully saturated rings. The number of hydrogen-bond acceptors (Lipinski definition) is 2. The maximum absolute atomic E-state index is 11.2. The summed E-state index contributed by atoms with van der Waals surface area (Å²) in [5.41, 5.74) is 1.76. The fraction of sp³-hybridized carbons (Fsp3) is 0.273. The predicted octanol–water partition coefficient (Wildman–Crippen LogP) is 2.10. The van der Waals surface area contributed by atoms with Crippen molar-refractivity contribution in [2.75, 3.05) is 0 Å². The zero-order valence-corrected chi connectivity index (χ0v) is 8.32. The van der Waals surface area contributed by atoms with Gasteiger partial charge in [0.15, 0.2) is 5.78 Å². The summed E-state index contributed by atoms with van der Waals surface area (Å²) in [5.74, 6) is 1.07. The average Bonchev–Trinajstić information content (AvgIpc) is 2.59. The fourth-order valence-corrected chi connectivity index (χ4v) is 1.51. The lowest BCUT2D eigenvalue weighted by molar-refractivity contribution is 0.101. The van der Waals surface area contributed by atoms with Crippen molar-refractivity contribution in [3.8, 4) is 0 Å². The van der Waals surface area contributed by atoms with Crippen molar-refractivity contribution in [2.45, 2.75) is 20.3 Å². The molecule has 0 aliphatic heterocycles. The van der Waals surface area contributed by atoms with Gasteiger partial charge in [-0.3, -0.25) is 4.79 Å². The van der Waals surface area contributed by atoms with Gasteiger partial charge in [-0.15, -0.1) is 0 Å². The molecule has 0 spiro atoms. The summed E-state index contributed by atoms with van der Waals surface area (Å²) >= 11 is 0. The number of rotatable bonds is 2. The van der Waals surface area contributed by atoms with E-state index in [9.17, 15) is 4.79 Å². The van der Waals surface area contributed by atoms with Crippen molar-refractivity contribution in [3.63, 3.8) is 0 Å². The standard InChI is InChI=1S/C11H12N2O/c1-3-11-12-6-10-5-4-9(8(2)14)7-13(10)11/h4-7H,3H2,1-2H3. The van der Waals surface area contributed by atoms with Crippen LogP contribution >= 0.6 is 0 Å². The highest BCUT2D eigenvalue weighted by Crippen LogP contribution is 2.10. The third-order valence-electron chi connectivity index (χ3n) is 2.33. The Hall–Kier alpha value is -1.64. The summed E-state index contributed by atoms with van der Waals surface area (Å²) in [6, 6.07) is 3.75. The third kappa shape index (κ3) is 1.31. The summed E-state index contributed by atoms with van der Waals surface area (Å²) in [7, 11) is 0. The monoisotopic (exact) mass is 188 g/mol. The van der Waals surface area contributed by atoms with Crippen LogP contribution in [0.4, 0.5) is 0 Å². The second-order valence-electron chi connectivity index (χ2n) is 3.30. The lowest BCUT2D eigenvalue weighted by Crippen LogP contribution is -1.98. The van der Waals surface area contributed by atoms with Gasteiger partial charge in [-0.05, 0) is 19.1 Å². The van der Waals surface area contributed by atoms with Gasteiger partial charge in [-0.1, -0.05) is 6.92 Å². The molecule has 72 valence electrons. The van der Waals surface area contributed by atoms with Gasteiger partial charge in [0.2, 0.25) is 0 Å². The lowest BCUT2D eigenvalue weighted by atomic mass is 10.2. The Morgan fingerprint density at radius 3 is 2.93 bits per heavy atom. The van der Waals surface area contributed by atoms with Crippen LogP contribution in [0, 0.1) is 0 Å². The van der Waals surface area contributed by atoms with E-state index in [2.05, 4.69) is 11.9 Å². The lowest BCUT2D eigenvalue weighted by Gasteiger charge is -2.00. The summed E-state index contributed by atoms with van der Waals surface area (Å²) in [4.78, 5) is 15.4. The number of pyridine rings is 1. The van der Waals surface area contributed by atoms with E-state index in [1.807, 2.05) is 28.9 Å². The smallest absolute Gasteiger partial charge is 0.161 e. The molecule has 0 unspecified atom stereocenters. The molecule has 14 heavy (non-hydrogen) atoms. The Kier molecular flexibility index (Phi) is 2.08. The highest BCUT2D eigenvalue weighted by Gasteiger charge is 2.04. The molecule has 2 heterocycles. The molecule has 0 N–H and O–H groups in total. The van der Waals surface area contributed by atoms with E-state index in [-0.39, 0.29) is 5.78 Å². The van der Waals surface area contributed by atoms with Gasteiger partial charge in [0, 0.05) is 18.2 Å². The molecule has 2 aromatic heterocycles. The predicted molar refractivity (Wildman–Crippen MR) is 54.6 cm³/mol. The van der Waals surface area contributed by atoms with Crippen molar-refractivity contribution in [2.24, 2.45) is 0 Å². The van der Waals surface area contributed by atoms with Gasteiger partial charge in [0.05, 0.1) is 11.7 Å². The molecule has 0 aromatic carbocycles. The molecule has 0 radical (unpaired) electrons. The Morgan fingerprint density at radius 1 is 1.50 bits per heavy atom. The van der Waals surface area contributed by atoms with Gasteiger partial charge >= 0.3 is 0 Å². The first-order valence-corrected chi connectivity index (χ1v) is 4.69. The highest BCUT2D eigenvalue weighted by atomic mass is 16.1. The molecule has 0 aliphatic carbocycles. The molecule has 2 aromatic rings. The SMILES string of the molecule is CCc1ncc2ccc(C(C)=O)cn12. The topological polar surface area (TPSA) is 34.4 Å². The second kappa shape index (κ2) is 3.25. The van der Waals surface area contributed by atoms with Crippen LogP contribution in [0.25, 0.3) is 5.52 Å². The van der Waals surface area contributed by atoms with Crippen molar-refractivity contribution >= 4 is 11.3 Å². The molecule has 0 saturated carbocycles. The minimum absolute atomic E-state index is 0.0858. The molecule has 0 aliphatic rings. The van der Waals surface area contributed by atoms with Crippen molar-refractivity contribution in [1.29, 1.82) is 0 Å². The fourth-order valence-electron chi connectivity index (χ4n) is 1.51. The zero-order chi connectivity index (χ0) is 10.1. The Balaban J connectivity index is 2.67. The molecule has 3 nitrogen and oxygen atoms in total. The average molecular weight is 188 g/mol. The molecule has 3 heteroatoms. The first kappa shape index (κ1) is 8.94. The van der Waals surface area contributed by atoms with Gasteiger partial charge in [0.1, 0.15) is 5.82 Å². The minimum Gasteiger partial charge on any atom is -0.303 e. The number of aryl methyl sites for hydroxylation is 1. The molecular weight excluding hydrogens is 176 g/mol. The number of carbonyl (C=O) groups is 1. The van der Waals surface area contributed by atoms with Crippen LogP contribution in [0.3, 0.4) is 0 Å². The van der Waals surface area contributed by atoms with Gasteiger partial charge < -0.3 is 4.40 Å². The van der Waals surface area contributed by atoms with E-state index in [1.165, 1.54) is 0 Å². The number of ketones is 1. The Labute approximate surface area is 82.4 Å². The van der Waals surface area contributed by atoms with Crippen LogP contribution in [0.15, 0.2) is 24.5 Å². The van der Waals surface area contributed by atoms with Crippen LogP contribution in [0.1, 0.15) is 30.0 Å². The largest absolute Gasteiger partial charge is 0.303 e. The van der Waals surface area contributed by atoms with Gasteiger partial charge in [0.25, 0.3) is 0 Å². The maximum atomic E-state index is 11.2. The molecule has 0 saturated heterocycles. The third-order valence-corrected chi connectivity index (χ3v) is 2.33. The summed E-state index contributed by atoms with van der Waals surface area (Å²) in [6.07, 6.45) is 4.54.